The number of carbonyl (C=O) groups excluding carboxylic acids is 2. The fraction of sp³-hybridized carbons (Fsp3) is 0.571. The Bertz CT molecular complexity index is 679. The van der Waals surface area contributed by atoms with Crippen LogP contribution in [0.4, 0.5) is 5.69 Å². The van der Waals surface area contributed by atoms with Crippen molar-refractivity contribution >= 4 is 23.5 Å². The second-order valence-corrected chi connectivity index (χ2v) is 7.98. The van der Waals surface area contributed by atoms with Crippen molar-refractivity contribution < 1.29 is 14.3 Å². The van der Waals surface area contributed by atoms with Crippen molar-refractivity contribution in [2.24, 2.45) is 4.99 Å². The van der Waals surface area contributed by atoms with Gasteiger partial charge in [0.2, 0.25) is 11.8 Å². The van der Waals surface area contributed by atoms with E-state index in [1.54, 1.807) is 0 Å². The van der Waals surface area contributed by atoms with Crippen LogP contribution in [0.5, 0.6) is 5.75 Å². The summed E-state index contributed by atoms with van der Waals surface area (Å²) in [6.07, 6.45) is 0.957. The molecule has 0 saturated carbocycles. The van der Waals surface area contributed by atoms with E-state index in [0.29, 0.717) is 12.5 Å². The van der Waals surface area contributed by atoms with Gasteiger partial charge in [0, 0.05) is 17.8 Å². The van der Waals surface area contributed by atoms with Crippen LogP contribution < -0.4 is 26.0 Å². The minimum absolute atomic E-state index is 0.0568. The lowest BCUT2D eigenvalue weighted by molar-refractivity contribution is -0.121. The standard InChI is InChI=1S/C21H35N5O3/c1-7-12-22-18(27)13-23-20(24-14-19(28)26-21(4,5)6)25-16-8-10-17(11-9-16)29-15(2)3/h8-11,15H,7,12-14H2,1-6H3,(H,22,27)(H,26,28)(H2,23,24,25). The summed E-state index contributed by atoms with van der Waals surface area (Å²) in [5, 5.41) is 11.7. The van der Waals surface area contributed by atoms with Crippen molar-refractivity contribution in [3.8, 4) is 5.75 Å². The molecule has 0 spiro atoms. The molecule has 0 heterocycles. The Morgan fingerprint density at radius 1 is 1.07 bits per heavy atom. The van der Waals surface area contributed by atoms with Crippen LogP contribution in [0.15, 0.2) is 29.3 Å². The molecule has 0 aromatic heterocycles. The molecule has 1 aromatic carbocycles. The van der Waals surface area contributed by atoms with E-state index in [9.17, 15) is 9.59 Å². The first-order valence-corrected chi connectivity index (χ1v) is 9.99. The molecule has 0 unspecified atom stereocenters. The lowest BCUT2D eigenvalue weighted by atomic mass is 10.1. The van der Waals surface area contributed by atoms with Crippen molar-refractivity contribution in [3.63, 3.8) is 0 Å². The summed E-state index contributed by atoms with van der Waals surface area (Å²) in [7, 11) is 0. The number of nitrogens with zero attached hydrogens (tertiary/aromatic N) is 1. The quantitative estimate of drug-likeness (QED) is 0.373. The van der Waals surface area contributed by atoms with E-state index >= 15 is 0 Å². The number of hydrogen-bond donors (Lipinski definition) is 4. The molecule has 162 valence electrons. The summed E-state index contributed by atoms with van der Waals surface area (Å²) in [5.74, 6) is 0.773. The van der Waals surface area contributed by atoms with E-state index in [1.807, 2.05) is 65.8 Å². The van der Waals surface area contributed by atoms with E-state index < -0.39 is 0 Å². The molecule has 2 amide bonds. The van der Waals surface area contributed by atoms with Crippen LogP contribution in [-0.4, -0.2) is 49.1 Å². The highest BCUT2D eigenvalue weighted by Crippen LogP contribution is 2.16. The molecule has 1 rings (SSSR count). The molecule has 0 aliphatic rings. The van der Waals surface area contributed by atoms with Gasteiger partial charge in [-0.1, -0.05) is 6.92 Å². The van der Waals surface area contributed by atoms with Gasteiger partial charge >= 0.3 is 0 Å². The van der Waals surface area contributed by atoms with Gasteiger partial charge in [-0.05, 0) is 65.3 Å². The molecule has 1 aromatic rings. The molecule has 8 heteroatoms. The van der Waals surface area contributed by atoms with Crippen molar-refractivity contribution in [2.75, 3.05) is 25.0 Å². The zero-order valence-electron chi connectivity index (χ0n) is 18.4. The second-order valence-electron chi connectivity index (χ2n) is 7.98. The van der Waals surface area contributed by atoms with E-state index in [1.165, 1.54) is 0 Å². The number of ether oxygens (including phenoxy) is 1. The highest BCUT2D eigenvalue weighted by atomic mass is 16.5. The number of nitrogens with one attached hydrogen (secondary N) is 4. The first-order chi connectivity index (χ1) is 13.6. The van der Waals surface area contributed by atoms with Gasteiger partial charge in [-0.15, -0.1) is 0 Å². The van der Waals surface area contributed by atoms with Gasteiger partial charge in [0.1, 0.15) is 12.3 Å². The SMILES string of the molecule is CCCNC(=O)CNC(=NCC(=O)NC(C)(C)C)Nc1ccc(OC(C)C)cc1. The largest absolute Gasteiger partial charge is 0.491 e. The van der Waals surface area contributed by atoms with Crippen LogP contribution in [0.2, 0.25) is 0 Å². The molecule has 0 radical (unpaired) electrons. The van der Waals surface area contributed by atoms with E-state index in [4.69, 9.17) is 4.74 Å². The maximum absolute atomic E-state index is 12.1. The van der Waals surface area contributed by atoms with Gasteiger partial charge in [0.25, 0.3) is 0 Å². The van der Waals surface area contributed by atoms with E-state index in [-0.39, 0.29) is 36.5 Å². The first kappa shape index (κ1) is 24.3. The Morgan fingerprint density at radius 2 is 1.72 bits per heavy atom. The van der Waals surface area contributed by atoms with E-state index in [2.05, 4.69) is 26.3 Å². The van der Waals surface area contributed by atoms with Crippen LogP contribution in [0.3, 0.4) is 0 Å². The smallest absolute Gasteiger partial charge is 0.242 e. The Kier molecular flexibility index (Phi) is 9.99. The third-order valence-electron chi connectivity index (χ3n) is 3.37. The maximum atomic E-state index is 12.1. The van der Waals surface area contributed by atoms with Crippen molar-refractivity contribution in [3.05, 3.63) is 24.3 Å². The van der Waals surface area contributed by atoms with Crippen LogP contribution in [0.25, 0.3) is 0 Å². The highest BCUT2D eigenvalue weighted by molar-refractivity contribution is 5.97. The average molecular weight is 406 g/mol. The van der Waals surface area contributed by atoms with Crippen LogP contribution >= 0.6 is 0 Å². The van der Waals surface area contributed by atoms with Crippen molar-refractivity contribution in [2.45, 2.75) is 59.6 Å². The predicted octanol–water partition coefficient (Wildman–Crippen LogP) is 2.27. The molecule has 0 saturated heterocycles. The lowest BCUT2D eigenvalue weighted by Gasteiger charge is -2.20. The minimum Gasteiger partial charge on any atom is -0.491 e. The Labute approximate surface area is 173 Å². The molecule has 0 aliphatic heterocycles. The molecular formula is C21H35N5O3. The summed E-state index contributed by atoms with van der Waals surface area (Å²) in [6, 6.07) is 7.39. The van der Waals surface area contributed by atoms with Gasteiger partial charge in [0.15, 0.2) is 5.96 Å². The third kappa shape index (κ3) is 11.6. The minimum atomic E-state index is -0.333. The molecule has 8 nitrogen and oxygen atoms in total. The maximum Gasteiger partial charge on any atom is 0.242 e. The van der Waals surface area contributed by atoms with Gasteiger partial charge in [-0.3, -0.25) is 9.59 Å². The third-order valence-corrected chi connectivity index (χ3v) is 3.37. The van der Waals surface area contributed by atoms with Crippen LogP contribution in [0.1, 0.15) is 48.0 Å². The molecule has 0 aliphatic carbocycles. The number of amides is 2. The van der Waals surface area contributed by atoms with Gasteiger partial charge in [0.05, 0.1) is 12.6 Å². The van der Waals surface area contributed by atoms with Crippen molar-refractivity contribution in [1.29, 1.82) is 0 Å². The number of hydrogen-bond acceptors (Lipinski definition) is 4. The van der Waals surface area contributed by atoms with Crippen LogP contribution in [0, 0.1) is 0 Å². The number of rotatable bonds is 9. The molecular weight excluding hydrogens is 370 g/mol. The van der Waals surface area contributed by atoms with Crippen molar-refractivity contribution in [1.82, 2.24) is 16.0 Å². The summed E-state index contributed by atoms with van der Waals surface area (Å²) >= 11 is 0. The Balaban J connectivity index is 2.79. The van der Waals surface area contributed by atoms with Crippen LogP contribution in [-0.2, 0) is 9.59 Å². The van der Waals surface area contributed by atoms with Gasteiger partial charge in [-0.2, -0.15) is 0 Å². The number of benzene rings is 1. The molecule has 4 N–H and O–H groups in total. The number of aliphatic imine (C=N–C) groups is 1. The lowest BCUT2D eigenvalue weighted by Crippen LogP contribution is -2.43. The molecule has 29 heavy (non-hydrogen) atoms. The first-order valence-electron chi connectivity index (χ1n) is 9.99. The number of anilines is 1. The summed E-state index contributed by atoms with van der Waals surface area (Å²) in [6.45, 7) is 12.3. The zero-order chi connectivity index (χ0) is 21.9. The summed E-state index contributed by atoms with van der Waals surface area (Å²) in [4.78, 5) is 28.2. The molecule has 0 atom stereocenters. The summed E-state index contributed by atoms with van der Waals surface area (Å²) in [5.41, 5.74) is 0.428. The zero-order valence-corrected chi connectivity index (χ0v) is 18.4. The monoisotopic (exact) mass is 405 g/mol. The fourth-order valence-corrected chi connectivity index (χ4v) is 2.26. The molecule has 0 bridgehead atoms. The number of guanidine groups is 1. The average Bonchev–Trinajstić information content (AvgIpc) is 2.61. The number of carbonyl (C=O) groups is 2. The molecule has 0 fully saturated rings. The normalized spacial score (nSPS) is 11.8. The topological polar surface area (TPSA) is 104 Å². The van der Waals surface area contributed by atoms with Gasteiger partial charge < -0.3 is 26.0 Å². The predicted molar refractivity (Wildman–Crippen MR) is 117 cm³/mol. The second kappa shape index (κ2) is 11.9. The summed E-state index contributed by atoms with van der Waals surface area (Å²) < 4.78 is 5.64. The van der Waals surface area contributed by atoms with E-state index in [0.717, 1.165) is 17.9 Å². The Morgan fingerprint density at radius 3 is 2.28 bits per heavy atom. The fourth-order valence-electron chi connectivity index (χ4n) is 2.26. The highest BCUT2D eigenvalue weighted by Gasteiger charge is 2.13. The van der Waals surface area contributed by atoms with Gasteiger partial charge in [-0.25, -0.2) is 4.99 Å². The Hall–Kier alpha value is -2.77.